The van der Waals surface area contributed by atoms with Gasteiger partial charge in [-0.15, -0.1) is 0 Å². The molecule has 0 saturated carbocycles. The largest absolute Gasteiger partial charge is 0.490 e. The van der Waals surface area contributed by atoms with Crippen LogP contribution in [-0.4, -0.2) is 34.4 Å². The third kappa shape index (κ3) is 5.68. The van der Waals surface area contributed by atoms with Crippen LogP contribution in [0.1, 0.15) is 19.8 Å². The fourth-order valence-electron chi connectivity index (χ4n) is 1.33. The summed E-state index contributed by atoms with van der Waals surface area (Å²) in [6.07, 6.45) is 5.30. The number of pyridine rings is 1. The van der Waals surface area contributed by atoms with Gasteiger partial charge < -0.3 is 10.1 Å². The summed E-state index contributed by atoms with van der Waals surface area (Å²) in [5.74, 6) is 2.26. The third-order valence-electron chi connectivity index (χ3n) is 2.13. The van der Waals surface area contributed by atoms with Crippen LogP contribution in [0.15, 0.2) is 18.3 Å². The van der Waals surface area contributed by atoms with E-state index in [2.05, 4.69) is 17.2 Å². The van der Waals surface area contributed by atoms with Gasteiger partial charge in [0.1, 0.15) is 0 Å². The fraction of sp³-hybridized carbons (Fsp3) is 0.583. The van der Waals surface area contributed by atoms with Crippen LogP contribution in [0.2, 0.25) is 0 Å². The molecule has 1 N–H and O–H groups in total. The molecule has 0 bridgehead atoms. The highest BCUT2D eigenvalue weighted by atomic mass is 32.2. The molecule has 96 valence electrons. The molecule has 1 atom stereocenters. The average Bonchev–Trinajstić information content (AvgIpc) is 2.33. The SMILES string of the molecule is CCCOc1cccnc1NCCCS(C)=O. The first-order valence-electron chi connectivity index (χ1n) is 5.85. The van der Waals surface area contributed by atoms with Crippen LogP contribution < -0.4 is 10.1 Å². The standard InChI is InChI=1S/C12H20N2O2S/c1-3-9-16-11-6-4-7-13-12(11)14-8-5-10-17(2)15/h4,6-7H,3,5,8-10H2,1-2H3,(H,13,14). The molecule has 1 unspecified atom stereocenters. The van der Waals surface area contributed by atoms with Crippen LogP contribution in [0.25, 0.3) is 0 Å². The molecule has 0 amide bonds. The van der Waals surface area contributed by atoms with Gasteiger partial charge in [-0.1, -0.05) is 6.92 Å². The highest BCUT2D eigenvalue weighted by molar-refractivity contribution is 7.84. The Morgan fingerprint density at radius 3 is 3.06 bits per heavy atom. The molecule has 17 heavy (non-hydrogen) atoms. The highest BCUT2D eigenvalue weighted by Gasteiger charge is 2.03. The molecule has 1 aromatic heterocycles. The molecular formula is C12H20N2O2S. The van der Waals surface area contributed by atoms with Gasteiger partial charge in [-0.2, -0.15) is 0 Å². The molecule has 0 aliphatic carbocycles. The summed E-state index contributed by atoms with van der Waals surface area (Å²) >= 11 is 0. The normalized spacial score (nSPS) is 12.1. The smallest absolute Gasteiger partial charge is 0.168 e. The molecule has 0 aromatic carbocycles. The molecule has 4 nitrogen and oxygen atoms in total. The minimum Gasteiger partial charge on any atom is -0.490 e. The zero-order valence-electron chi connectivity index (χ0n) is 10.4. The van der Waals surface area contributed by atoms with E-state index < -0.39 is 10.8 Å². The second-order valence-electron chi connectivity index (χ2n) is 3.76. The number of anilines is 1. The number of rotatable bonds is 8. The van der Waals surface area contributed by atoms with Gasteiger partial charge in [0.2, 0.25) is 0 Å². The summed E-state index contributed by atoms with van der Waals surface area (Å²) in [7, 11) is -0.725. The molecule has 5 heteroatoms. The molecule has 0 fully saturated rings. The Balaban J connectivity index is 2.43. The second kappa shape index (κ2) is 8.06. The van der Waals surface area contributed by atoms with E-state index in [0.717, 1.165) is 31.0 Å². The van der Waals surface area contributed by atoms with Gasteiger partial charge in [-0.05, 0) is 25.0 Å². The molecule has 1 rings (SSSR count). The number of nitrogens with zero attached hydrogens (tertiary/aromatic N) is 1. The first kappa shape index (κ1) is 14.0. The molecule has 0 aliphatic rings. The van der Waals surface area contributed by atoms with Crippen molar-refractivity contribution in [3.8, 4) is 5.75 Å². The molecule has 0 radical (unpaired) electrons. The number of hydrogen-bond donors (Lipinski definition) is 1. The van der Waals surface area contributed by atoms with Gasteiger partial charge in [-0.25, -0.2) is 4.98 Å². The van der Waals surface area contributed by atoms with Crippen molar-refractivity contribution >= 4 is 16.6 Å². The predicted octanol–water partition coefficient (Wildman–Crippen LogP) is 2.05. The van der Waals surface area contributed by atoms with Crippen molar-refractivity contribution < 1.29 is 8.95 Å². The van der Waals surface area contributed by atoms with E-state index in [4.69, 9.17) is 4.74 Å². The summed E-state index contributed by atoms with van der Waals surface area (Å²) in [5.41, 5.74) is 0. The lowest BCUT2D eigenvalue weighted by Crippen LogP contribution is -2.09. The van der Waals surface area contributed by atoms with Gasteiger partial charge in [-0.3, -0.25) is 4.21 Å². The van der Waals surface area contributed by atoms with Crippen molar-refractivity contribution in [3.05, 3.63) is 18.3 Å². The van der Waals surface area contributed by atoms with Crippen molar-refractivity contribution in [3.63, 3.8) is 0 Å². The molecule has 0 saturated heterocycles. The third-order valence-corrected chi connectivity index (χ3v) is 3.00. The summed E-state index contributed by atoms with van der Waals surface area (Å²) < 4.78 is 16.5. The summed E-state index contributed by atoms with van der Waals surface area (Å²) in [4.78, 5) is 4.24. The molecular weight excluding hydrogens is 236 g/mol. The van der Waals surface area contributed by atoms with Crippen LogP contribution in [-0.2, 0) is 10.8 Å². The van der Waals surface area contributed by atoms with Gasteiger partial charge >= 0.3 is 0 Å². The van der Waals surface area contributed by atoms with Gasteiger partial charge in [0.05, 0.1) is 6.61 Å². The van der Waals surface area contributed by atoms with E-state index >= 15 is 0 Å². The van der Waals surface area contributed by atoms with Crippen LogP contribution >= 0.6 is 0 Å². The lowest BCUT2D eigenvalue weighted by atomic mass is 10.4. The van der Waals surface area contributed by atoms with E-state index in [1.807, 2.05) is 12.1 Å². The van der Waals surface area contributed by atoms with Crippen molar-refractivity contribution in [1.29, 1.82) is 0 Å². The van der Waals surface area contributed by atoms with Crippen LogP contribution in [0.3, 0.4) is 0 Å². The maximum Gasteiger partial charge on any atom is 0.168 e. The fourth-order valence-corrected chi connectivity index (χ4v) is 1.88. The zero-order chi connectivity index (χ0) is 12.5. The Morgan fingerprint density at radius 2 is 2.35 bits per heavy atom. The average molecular weight is 256 g/mol. The van der Waals surface area contributed by atoms with E-state index in [9.17, 15) is 4.21 Å². The number of aromatic nitrogens is 1. The number of nitrogens with one attached hydrogen (secondary N) is 1. The minimum absolute atomic E-state index is 0.694. The van der Waals surface area contributed by atoms with Crippen molar-refractivity contribution in [2.75, 3.05) is 30.5 Å². The van der Waals surface area contributed by atoms with Gasteiger partial charge in [0, 0.05) is 35.5 Å². The molecule has 0 aliphatic heterocycles. The van der Waals surface area contributed by atoms with Crippen LogP contribution in [0, 0.1) is 0 Å². The highest BCUT2D eigenvalue weighted by Crippen LogP contribution is 2.20. The van der Waals surface area contributed by atoms with Gasteiger partial charge in [0.25, 0.3) is 0 Å². The lowest BCUT2D eigenvalue weighted by Gasteiger charge is -2.11. The Morgan fingerprint density at radius 1 is 1.53 bits per heavy atom. The summed E-state index contributed by atoms with van der Waals surface area (Å²) in [6.45, 7) is 3.53. The zero-order valence-corrected chi connectivity index (χ0v) is 11.3. The van der Waals surface area contributed by atoms with Crippen LogP contribution in [0.5, 0.6) is 5.75 Å². The molecule has 1 aromatic rings. The first-order valence-corrected chi connectivity index (χ1v) is 7.58. The van der Waals surface area contributed by atoms with Crippen LogP contribution in [0.4, 0.5) is 5.82 Å². The minimum atomic E-state index is -0.725. The molecule has 0 spiro atoms. The first-order chi connectivity index (χ1) is 8.24. The van der Waals surface area contributed by atoms with Crippen molar-refractivity contribution in [2.24, 2.45) is 0 Å². The Kier molecular flexibility index (Phi) is 6.62. The van der Waals surface area contributed by atoms with Gasteiger partial charge in [0.15, 0.2) is 11.6 Å². The Hall–Kier alpha value is -1.10. The van der Waals surface area contributed by atoms with E-state index in [1.54, 1.807) is 12.5 Å². The second-order valence-corrected chi connectivity index (χ2v) is 5.31. The monoisotopic (exact) mass is 256 g/mol. The quantitative estimate of drug-likeness (QED) is 0.723. The Bertz CT molecular complexity index is 358. The summed E-state index contributed by atoms with van der Waals surface area (Å²) in [6, 6.07) is 3.76. The molecule has 1 heterocycles. The van der Waals surface area contributed by atoms with Crippen molar-refractivity contribution in [1.82, 2.24) is 4.98 Å². The van der Waals surface area contributed by atoms with E-state index in [0.29, 0.717) is 12.4 Å². The lowest BCUT2D eigenvalue weighted by molar-refractivity contribution is 0.318. The van der Waals surface area contributed by atoms with E-state index in [1.165, 1.54) is 0 Å². The Labute approximate surface area is 105 Å². The van der Waals surface area contributed by atoms with Crippen molar-refractivity contribution in [2.45, 2.75) is 19.8 Å². The number of ether oxygens (including phenoxy) is 1. The topological polar surface area (TPSA) is 51.2 Å². The predicted molar refractivity (Wildman–Crippen MR) is 72.1 cm³/mol. The van der Waals surface area contributed by atoms with E-state index in [-0.39, 0.29) is 0 Å². The maximum absolute atomic E-state index is 10.9. The summed E-state index contributed by atoms with van der Waals surface area (Å²) in [5, 5.41) is 3.21. The number of hydrogen-bond acceptors (Lipinski definition) is 4. The maximum atomic E-state index is 10.9.